The predicted molar refractivity (Wildman–Crippen MR) is 162 cm³/mol. The zero-order chi connectivity index (χ0) is 30.6. The Morgan fingerprint density at radius 2 is 1.81 bits per heavy atom. The van der Waals surface area contributed by atoms with Crippen molar-refractivity contribution in [3.05, 3.63) is 52.9 Å². The number of rotatable bonds is 10. The predicted octanol–water partition coefficient (Wildman–Crippen LogP) is 5.07. The molecule has 42 heavy (non-hydrogen) atoms. The molecule has 1 saturated carbocycles. The zero-order valence-corrected chi connectivity index (χ0v) is 25.2. The summed E-state index contributed by atoms with van der Waals surface area (Å²) in [5.41, 5.74) is 1.03. The molecule has 1 aliphatic rings. The van der Waals surface area contributed by atoms with Crippen LogP contribution in [0.1, 0.15) is 59.9 Å². The Kier molecular flexibility index (Phi) is 12.3. The van der Waals surface area contributed by atoms with Crippen LogP contribution in [0.25, 0.3) is 11.0 Å². The molecule has 226 valence electrons. The summed E-state index contributed by atoms with van der Waals surface area (Å²) in [6.45, 7) is 3.33. The van der Waals surface area contributed by atoms with Gasteiger partial charge in [-0.15, -0.1) is 0 Å². The number of ether oxygens (including phenoxy) is 1. The number of amides is 4. The summed E-state index contributed by atoms with van der Waals surface area (Å²) in [4.78, 5) is 55.9. The van der Waals surface area contributed by atoms with Crippen molar-refractivity contribution in [3.8, 4) is 0 Å². The molecule has 2 N–H and O–H groups in total. The molecular weight excluding hydrogens is 562 g/mol. The van der Waals surface area contributed by atoms with Crippen LogP contribution in [0.3, 0.4) is 0 Å². The molecule has 0 atom stereocenters. The first-order valence-electron chi connectivity index (χ1n) is 13.9. The van der Waals surface area contributed by atoms with E-state index >= 15 is 0 Å². The number of halogens is 1. The first kappa shape index (κ1) is 32.6. The average molecular weight is 600 g/mol. The highest BCUT2D eigenvalue weighted by Crippen LogP contribution is 2.34. The molecule has 0 unspecified atom stereocenters. The summed E-state index contributed by atoms with van der Waals surface area (Å²) in [5.74, 6) is -0.861. The number of carbonyl (C=O) groups excluding carboxylic acids is 4. The highest BCUT2D eigenvalue weighted by atomic mass is 35.5. The molecule has 1 aliphatic carbocycles. The van der Waals surface area contributed by atoms with Crippen molar-refractivity contribution in [2.24, 2.45) is 5.92 Å². The number of benzene rings is 1. The summed E-state index contributed by atoms with van der Waals surface area (Å²) >= 11 is 5.89. The Morgan fingerprint density at radius 1 is 1.10 bits per heavy atom. The minimum absolute atomic E-state index is 0.0646. The second-order valence-electron chi connectivity index (χ2n) is 10.1. The lowest BCUT2D eigenvalue weighted by molar-refractivity contribution is -0.120. The van der Waals surface area contributed by atoms with Crippen molar-refractivity contribution in [3.63, 3.8) is 0 Å². The standard InChI is InChI=1S/C27H31ClN4O5.C3H7NO/c1-3-36-14-13-32(2)27(35)18-9-11-21-20(15-18)23(31-25(33)17-7-5-4-6-8-17)24(37-21)26(34)30-22-12-10-19(28)16-29-22;1-4(2)3-5/h9-12,15-17H,3-8,13-14H2,1-2H3,(H,31,33)(H,29,30,34);3H,1-2H3. The van der Waals surface area contributed by atoms with Gasteiger partial charge in [0.25, 0.3) is 11.8 Å². The van der Waals surface area contributed by atoms with Gasteiger partial charge >= 0.3 is 0 Å². The number of carbonyl (C=O) groups is 4. The summed E-state index contributed by atoms with van der Waals surface area (Å²) in [5, 5.41) is 6.53. The maximum atomic E-state index is 13.2. The fraction of sp³-hybridized carbons (Fsp3) is 0.433. The number of anilines is 2. The SMILES string of the molecule is CCOCCN(C)C(=O)c1ccc2oc(C(=O)Nc3ccc(Cl)cn3)c(NC(=O)C3CCCCC3)c2c1.CN(C)C=O. The highest BCUT2D eigenvalue weighted by molar-refractivity contribution is 6.30. The Bertz CT molecular complexity index is 1370. The van der Waals surface area contributed by atoms with Gasteiger partial charge in [0, 0.05) is 57.4 Å². The van der Waals surface area contributed by atoms with Crippen molar-refractivity contribution < 1.29 is 28.3 Å². The van der Waals surface area contributed by atoms with Gasteiger partial charge in [-0.05, 0) is 50.1 Å². The van der Waals surface area contributed by atoms with E-state index in [9.17, 15) is 19.2 Å². The van der Waals surface area contributed by atoms with E-state index < -0.39 is 5.91 Å². The van der Waals surface area contributed by atoms with Gasteiger partial charge in [0.2, 0.25) is 18.1 Å². The van der Waals surface area contributed by atoms with Gasteiger partial charge in [-0.2, -0.15) is 0 Å². The van der Waals surface area contributed by atoms with E-state index in [0.29, 0.717) is 41.3 Å². The van der Waals surface area contributed by atoms with Crippen LogP contribution in [0, 0.1) is 5.92 Å². The molecule has 0 bridgehead atoms. The maximum Gasteiger partial charge on any atom is 0.294 e. The first-order valence-corrected chi connectivity index (χ1v) is 14.3. The number of likely N-dealkylation sites (N-methyl/N-ethyl adjacent to an activating group) is 1. The molecule has 0 aliphatic heterocycles. The number of nitrogens with zero attached hydrogens (tertiary/aromatic N) is 3. The van der Waals surface area contributed by atoms with Gasteiger partial charge in [0.15, 0.2) is 0 Å². The molecule has 4 rings (SSSR count). The van der Waals surface area contributed by atoms with Crippen molar-refractivity contribution in [1.82, 2.24) is 14.8 Å². The van der Waals surface area contributed by atoms with E-state index in [2.05, 4.69) is 15.6 Å². The van der Waals surface area contributed by atoms with Gasteiger partial charge in [-0.1, -0.05) is 30.9 Å². The summed E-state index contributed by atoms with van der Waals surface area (Å²) in [6.07, 6.45) is 6.86. The minimum atomic E-state index is -0.577. The minimum Gasteiger partial charge on any atom is -0.449 e. The van der Waals surface area contributed by atoms with Crippen LogP contribution in [0.15, 0.2) is 40.9 Å². The number of hydrogen-bond donors (Lipinski definition) is 2. The Hall–Kier alpha value is -3.96. The number of pyridine rings is 1. The van der Waals surface area contributed by atoms with E-state index in [-0.39, 0.29) is 35.0 Å². The van der Waals surface area contributed by atoms with Gasteiger partial charge < -0.3 is 29.6 Å². The normalized spacial score (nSPS) is 13.1. The number of fused-ring (bicyclic) bond motifs is 1. The molecule has 1 aromatic carbocycles. The maximum absolute atomic E-state index is 13.2. The lowest BCUT2D eigenvalue weighted by Crippen LogP contribution is -2.30. The van der Waals surface area contributed by atoms with E-state index in [0.717, 1.165) is 38.5 Å². The Morgan fingerprint density at radius 3 is 2.43 bits per heavy atom. The van der Waals surface area contributed by atoms with Crippen molar-refractivity contribution in [2.75, 3.05) is 51.5 Å². The van der Waals surface area contributed by atoms with Crippen LogP contribution in [0.5, 0.6) is 0 Å². The van der Waals surface area contributed by atoms with E-state index in [4.69, 9.17) is 20.8 Å². The monoisotopic (exact) mass is 599 g/mol. The van der Waals surface area contributed by atoms with E-state index in [1.54, 1.807) is 56.4 Å². The van der Waals surface area contributed by atoms with Crippen LogP contribution < -0.4 is 10.6 Å². The van der Waals surface area contributed by atoms with Crippen molar-refractivity contribution in [2.45, 2.75) is 39.0 Å². The third-order valence-corrected chi connectivity index (χ3v) is 6.89. The Balaban J connectivity index is 0.000000892. The zero-order valence-electron chi connectivity index (χ0n) is 24.4. The van der Waals surface area contributed by atoms with Crippen LogP contribution in [-0.4, -0.2) is 79.8 Å². The molecule has 2 heterocycles. The molecule has 0 spiro atoms. The molecule has 4 amide bonds. The first-order chi connectivity index (χ1) is 20.1. The fourth-order valence-corrected chi connectivity index (χ4v) is 4.51. The van der Waals surface area contributed by atoms with Crippen LogP contribution in [0.2, 0.25) is 5.02 Å². The molecular formula is C30H38ClN5O6. The molecule has 12 heteroatoms. The smallest absolute Gasteiger partial charge is 0.294 e. The lowest BCUT2D eigenvalue weighted by atomic mass is 9.88. The van der Waals surface area contributed by atoms with Crippen LogP contribution in [-0.2, 0) is 14.3 Å². The van der Waals surface area contributed by atoms with E-state index in [1.807, 2.05) is 6.92 Å². The Labute approximate surface area is 250 Å². The molecule has 0 saturated heterocycles. The summed E-state index contributed by atoms with van der Waals surface area (Å²) in [6, 6.07) is 8.09. The van der Waals surface area contributed by atoms with Crippen molar-refractivity contribution >= 4 is 58.2 Å². The van der Waals surface area contributed by atoms with Gasteiger partial charge in [0.05, 0.1) is 11.6 Å². The third kappa shape index (κ3) is 9.02. The quantitative estimate of drug-likeness (QED) is 0.245. The lowest BCUT2D eigenvalue weighted by Gasteiger charge is -2.20. The highest BCUT2D eigenvalue weighted by Gasteiger charge is 2.27. The molecule has 0 radical (unpaired) electrons. The molecule has 2 aromatic heterocycles. The van der Waals surface area contributed by atoms with E-state index in [1.165, 1.54) is 11.1 Å². The fourth-order valence-electron chi connectivity index (χ4n) is 4.40. The molecule has 11 nitrogen and oxygen atoms in total. The van der Waals surface area contributed by atoms with Gasteiger partial charge in [-0.3, -0.25) is 19.2 Å². The molecule has 3 aromatic rings. The van der Waals surface area contributed by atoms with Crippen LogP contribution in [0.4, 0.5) is 11.5 Å². The van der Waals surface area contributed by atoms with Crippen LogP contribution >= 0.6 is 11.6 Å². The van der Waals surface area contributed by atoms with Gasteiger partial charge in [-0.25, -0.2) is 4.98 Å². The number of furan rings is 1. The average Bonchev–Trinajstić information content (AvgIpc) is 3.36. The largest absolute Gasteiger partial charge is 0.449 e. The summed E-state index contributed by atoms with van der Waals surface area (Å²) in [7, 11) is 5.07. The number of aromatic nitrogens is 1. The summed E-state index contributed by atoms with van der Waals surface area (Å²) < 4.78 is 11.2. The van der Waals surface area contributed by atoms with Crippen molar-refractivity contribution in [1.29, 1.82) is 0 Å². The second-order valence-corrected chi connectivity index (χ2v) is 10.6. The third-order valence-electron chi connectivity index (χ3n) is 6.67. The molecule has 1 fully saturated rings. The topological polar surface area (TPSA) is 134 Å². The number of nitrogens with one attached hydrogen (secondary N) is 2. The second kappa shape index (κ2) is 15.9. The van der Waals surface area contributed by atoms with Gasteiger partial charge in [0.1, 0.15) is 17.1 Å². The number of hydrogen-bond acceptors (Lipinski definition) is 7.